The van der Waals surface area contributed by atoms with E-state index in [1.54, 1.807) is 30.0 Å². The number of carbonyl (C=O) groups excluding carboxylic acids is 2. The summed E-state index contributed by atoms with van der Waals surface area (Å²) in [5, 5.41) is 6.49. The monoisotopic (exact) mass is 494 g/mol. The molecule has 0 unspecified atom stereocenters. The number of hydrogen-bond acceptors (Lipinski definition) is 8. The first-order chi connectivity index (χ1) is 17.5. The Bertz CT molecular complexity index is 1160. The van der Waals surface area contributed by atoms with Crippen LogP contribution in [0.1, 0.15) is 21.7 Å². The number of anilines is 1. The number of aromatic nitrogens is 1. The van der Waals surface area contributed by atoms with Gasteiger partial charge in [0.05, 0.1) is 20.8 Å². The third-order valence-corrected chi connectivity index (χ3v) is 5.86. The van der Waals surface area contributed by atoms with Crippen molar-refractivity contribution in [3.05, 3.63) is 65.4 Å². The van der Waals surface area contributed by atoms with Crippen molar-refractivity contribution in [3.63, 3.8) is 0 Å². The number of aryl methyl sites for hydroxylation is 1. The number of amides is 2. The molecule has 10 nitrogen and oxygen atoms in total. The van der Waals surface area contributed by atoms with Gasteiger partial charge >= 0.3 is 0 Å². The van der Waals surface area contributed by atoms with Crippen molar-refractivity contribution in [1.29, 1.82) is 0 Å². The molecule has 1 aromatic heterocycles. The van der Waals surface area contributed by atoms with E-state index in [4.69, 9.17) is 18.7 Å². The predicted octanol–water partition coefficient (Wildman–Crippen LogP) is 2.98. The summed E-state index contributed by atoms with van der Waals surface area (Å²) in [5.41, 5.74) is 1.45. The van der Waals surface area contributed by atoms with E-state index in [1.165, 1.54) is 14.2 Å². The number of rotatable bonds is 9. The second kappa shape index (κ2) is 11.6. The second-order valence-electron chi connectivity index (χ2n) is 8.42. The summed E-state index contributed by atoms with van der Waals surface area (Å²) in [7, 11) is 3.06. The molecule has 0 radical (unpaired) electrons. The molecule has 190 valence electrons. The molecule has 36 heavy (non-hydrogen) atoms. The molecule has 1 saturated heterocycles. The van der Waals surface area contributed by atoms with Crippen LogP contribution in [0.15, 0.2) is 53.1 Å². The number of nitrogens with zero attached hydrogens (tertiary/aromatic N) is 3. The molecule has 2 heterocycles. The van der Waals surface area contributed by atoms with Crippen LogP contribution in [-0.2, 0) is 11.4 Å². The normalized spacial score (nSPS) is 13.8. The van der Waals surface area contributed by atoms with Gasteiger partial charge in [-0.05, 0) is 24.6 Å². The van der Waals surface area contributed by atoms with Gasteiger partial charge in [0.15, 0.2) is 17.3 Å². The SMILES string of the molecule is COc1cc(C(=O)N2CCN(CC(=O)Nc3cc(C)on3)CC2)cc(OC)c1OCc1ccccc1. The van der Waals surface area contributed by atoms with Gasteiger partial charge in [-0.3, -0.25) is 14.5 Å². The summed E-state index contributed by atoms with van der Waals surface area (Å²) in [5.74, 6) is 2.00. The first kappa shape index (κ1) is 25.1. The number of ether oxygens (including phenoxy) is 3. The minimum absolute atomic E-state index is 0.136. The van der Waals surface area contributed by atoms with Crippen molar-refractivity contribution in [2.75, 3.05) is 52.3 Å². The molecular formula is C26H30N4O6. The molecule has 0 bridgehead atoms. The van der Waals surface area contributed by atoms with Gasteiger partial charge in [0, 0.05) is 37.8 Å². The van der Waals surface area contributed by atoms with Crippen molar-refractivity contribution in [2.24, 2.45) is 0 Å². The van der Waals surface area contributed by atoms with Crippen LogP contribution in [0.3, 0.4) is 0 Å². The van der Waals surface area contributed by atoms with Crippen molar-refractivity contribution in [1.82, 2.24) is 15.0 Å². The summed E-state index contributed by atoms with van der Waals surface area (Å²) in [6.07, 6.45) is 0. The van der Waals surface area contributed by atoms with Gasteiger partial charge in [-0.2, -0.15) is 0 Å². The second-order valence-corrected chi connectivity index (χ2v) is 8.42. The Morgan fingerprint density at radius 1 is 1.00 bits per heavy atom. The molecule has 10 heteroatoms. The quantitative estimate of drug-likeness (QED) is 0.484. The number of hydrogen-bond donors (Lipinski definition) is 1. The van der Waals surface area contributed by atoms with Gasteiger partial charge in [-0.25, -0.2) is 0 Å². The summed E-state index contributed by atoms with van der Waals surface area (Å²) >= 11 is 0. The molecule has 0 saturated carbocycles. The third-order valence-electron chi connectivity index (χ3n) is 5.86. The molecule has 0 aliphatic carbocycles. The van der Waals surface area contributed by atoms with Crippen LogP contribution in [0.25, 0.3) is 0 Å². The lowest BCUT2D eigenvalue weighted by molar-refractivity contribution is -0.117. The first-order valence-electron chi connectivity index (χ1n) is 11.6. The zero-order chi connectivity index (χ0) is 25.5. The van der Waals surface area contributed by atoms with E-state index in [1.807, 2.05) is 35.2 Å². The molecule has 1 aliphatic heterocycles. The maximum Gasteiger partial charge on any atom is 0.254 e. The fourth-order valence-corrected chi connectivity index (χ4v) is 3.98. The molecule has 1 aliphatic rings. The lowest BCUT2D eigenvalue weighted by atomic mass is 10.1. The summed E-state index contributed by atoms with van der Waals surface area (Å²) < 4.78 is 22.0. The largest absolute Gasteiger partial charge is 0.493 e. The Morgan fingerprint density at radius 3 is 2.25 bits per heavy atom. The highest BCUT2D eigenvalue weighted by atomic mass is 16.5. The van der Waals surface area contributed by atoms with Crippen LogP contribution < -0.4 is 19.5 Å². The fraction of sp³-hybridized carbons (Fsp3) is 0.346. The molecule has 0 atom stereocenters. The predicted molar refractivity (Wildman–Crippen MR) is 133 cm³/mol. The van der Waals surface area contributed by atoms with Crippen LogP contribution in [0.4, 0.5) is 5.82 Å². The van der Waals surface area contributed by atoms with Gasteiger partial charge in [0.1, 0.15) is 12.4 Å². The molecular weight excluding hydrogens is 464 g/mol. The Labute approximate surface area is 209 Å². The minimum atomic E-state index is -0.177. The van der Waals surface area contributed by atoms with Crippen LogP contribution in [0.2, 0.25) is 0 Å². The van der Waals surface area contributed by atoms with E-state index in [2.05, 4.69) is 10.5 Å². The van der Waals surface area contributed by atoms with Crippen LogP contribution >= 0.6 is 0 Å². The molecule has 1 N–H and O–H groups in total. The first-order valence-corrected chi connectivity index (χ1v) is 11.6. The molecule has 2 aromatic carbocycles. The Hall–Kier alpha value is -4.05. The van der Waals surface area contributed by atoms with E-state index in [0.29, 0.717) is 67.2 Å². The number of piperazine rings is 1. The van der Waals surface area contributed by atoms with Gasteiger partial charge in [0.25, 0.3) is 5.91 Å². The number of carbonyl (C=O) groups is 2. The van der Waals surface area contributed by atoms with Gasteiger partial charge < -0.3 is 29.0 Å². The Morgan fingerprint density at radius 2 is 1.67 bits per heavy atom. The molecule has 2 amide bonds. The zero-order valence-corrected chi connectivity index (χ0v) is 20.7. The number of benzene rings is 2. The summed E-state index contributed by atoms with van der Waals surface area (Å²) in [6.45, 7) is 4.44. The summed E-state index contributed by atoms with van der Waals surface area (Å²) in [4.78, 5) is 29.3. The van der Waals surface area contributed by atoms with E-state index in [0.717, 1.165) is 5.56 Å². The average molecular weight is 495 g/mol. The van der Waals surface area contributed by atoms with Gasteiger partial charge in [-0.1, -0.05) is 35.5 Å². The average Bonchev–Trinajstić information content (AvgIpc) is 3.31. The maximum atomic E-state index is 13.3. The molecule has 4 rings (SSSR count). The van der Waals surface area contributed by atoms with E-state index < -0.39 is 0 Å². The summed E-state index contributed by atoms with van der Waals surface area (Å²) in [6, 6.07) is 14.8. The topological polar surface area (TPSA) is 106 Å². The van der Waals surface area contributed by atoms with Crippen molar-refractivity contribution in [2.45, 2.75) is 13.5 Å². The number of nitrogens with one attached hydrogen (secondary N) is 1. The fourth-order valence-electron chi connectivity index (χ4n) is 3.98. The smallest absolute Gasteiger partial charge is 0.254 e. The number of methoxy groups -OCH3 is 2. The minimum Gasteiger partial charge on any atom is -0.493 e. The Balaban J connectivity index is 1.36. The standard InChI is InChI=1S/C26H30N4O6/c1-18-13-23(28-36-18)27-24(31)16-29-9-11-30(12-10-29)26(32)20-14-21(33-2)25(22(15-20)34-3)35-17-19-7-5-4-6-8-19/h4-8,13-15H,9-12,16-17H2,1-3H3,(H,27,28,31). The Kier molecular flexibility index (Phi) is 8.06. The van der Waals surface area contributed by atoms with Crippen molar-refractivity contribution >= 4 is 17.6 Å². The van der Waals surface area contributed by atoms with Crippen LogP contribution in [0, 0.1) is 6.92 Å². The van der Waals surface area contributed by atoms with E-state index >= 15 is 0 Å². The van der Waals surface area contributed by atoms with E-state index in [-0.39, 0.29) is 18.4 Å². The lowest BCUT2D eigenvalue weighted by Gasteiger charge is -2.34. The zero-order valence-electron chi connectivity index (χ0n) is 20.7. The van der Waals surface area contributed by atoms with Gasteiger partial charge in [-0.15, -0.1) is 0 Å². The molecule has 0 spiro atoms. The molecule has 1 fully saturated rings. The van der Waals surface area contributed by atoms with Gasteiger partial charge in [0.2, 0.25) is 11.7 Å². The highest BCUT2D eigenvalue weighted by Crippen LogP contribution is 2.39. The highest BCUT2D eigenvalue weighted by molar-refractivity contribution is 5.96. The highest BCUT2D eigenvalue weighted by Gasteiger charge is 2.26. The van der Waals surface area contributed by atoms with Crippen LogP contribution in [0.5, 0.6) is 17.2 Å². The van der Waals surface area contributed by atoms with E-state index in [9.17, 15) is 9.59 Å². The van der Waals surface area contributed by atoms with Crippen LogP contribution in [-0.4, -0.2) is 73.7 Å². The van der Waals surface area contributed by atoms with Crippen molar-refractivity contribution in [3.8, 4) is 17.2 Å². The maximum absolute atomic E-state index is 13.3. The lowest BCUT2D eigenvalue weighted by Crippen LogP contribution is -2.50. The third kappa shape index (κ3) is 6.14. The van der Waals surface area contributed by atoms with Crippen molar-refractivity contribution < 1.29 is 28.3 Å². The molecule has 3 aromatic rings.